The molecule has 2 N–H and O–H groups in total. The number of piperidine rings is 1. The van der Waals surface area contributed by atoms with Crippen molar-refractivity contribution in [1.29, 1.82) is 0 Å². The average Bonchev–Trinajstić information content (AvgIpc) is 2.54. The monoisotopic (exact) mass is 292 g/mol. The summed E-state index contributed by atoms with van der Waals surface area (Å²) >= 11 is 0. The molecule has 1 unspecified atom stereocenters. The van der Waals surface area contributed by atoms with Gasteiger partial charge in [-0.2, -0.15) is 0 Å². The standard InChI is InChI=1S/C16H24N2O3/c1-4-11-7-5-6-8-18(11)16(19)13-9-12(20-2)10-14(21-3)15(13)17/h9-11H,4-8,17H2,1-3H3. The molecule has 0 aromatic heterocycles. The summed E-state index contributed by atoms with van der Waals surface area (Å²) in [5.74, 6) is 1.02. The quantitative estimate of drug-likeness (QED) is 0.867. The second-order valence-corrected chi connectivity index (χ2v) is 5.35. The number of hydrogen-bond acceptors (Lipinski definition) is 4. The lowest BCUT2D eigenvalue weighted by Gasteiger charge is -2.35. The molecule has 2 rings (SSSR count). The molecule has 116 valence electrons. The minimum absolute atomic E-state index is 0.0312. The molecule has 5 heteroatoms. The van der Waals surface area contributed by atoms with Gasteiger partial charge in [0, 0.05) is 18.7 Å². The third-order valence-corrected chi connectivity index (χ3v) is 4.16. The lowest BCUT2D eigenvalue weighted by Crippen LogP contribution is -2.43. The van der Waals surface area contributed by atoms with E-state index in [1.54, 1.807) is 19.2 Å². The highest BCUT2D eigenvalue weighted by Gasteiger charge is 2.28. The van der Waals surface area contributed by atoms with E-state index in [1.165, 1.54) is 13.5 Å². The van der Waals surface area contributed by atoms with E-state index in [-0.39, 0.29) is 5.91 Å². The van der Waals surface area contributed by atoms with E-state index >= 15 is 0 Å². The van der Waals surface area contributed by atoms with E-state index in [0.717, 1.165) is 25.8 Å². The number of ether oxygens (including phenoxy) is 2. The predicted molar refractivity (Wildman–Crippen MR) is 82.9 cm³/mol. The van der Waals surface area contributed by atoms with Crippen molar-refractivity contribution in [2.45, 2.75) is 38.6 Å². The largest absolute Gasteiger partial charge is 0.497 e. The van der Waals surface area contributed by atoms with Gasteiger partial charge in [0.1, 0.15) is 11.5 Å². The smallest absolute Gasteiger partial charge is 0.256 e. The van der Waals surface area contributed by atoms with Crippen molar-refractivity contribution in [1.82, 2.24) is 4.90 Å². The molecule has 1 aliphatic rings. The summed E-state index contributed by atoms with van der Waals surface area (Å²) in [6, 6.07) is 3.68. The fraction of sp³-hybridized carbons (Fsp3) is 0.562. The second kappa shape index (κ2) is 6.70. The Kier molecular flexibility index (Phi) is 4.94. The van der Waals surface area contributed by atoms with Crippen LogP contribution in [-0.2, 0) is 0 Å². The zero-order valence-electron chi connectivity index (χ0n) is 13.0. The molecule has 0 spiro atoms. The molecular formula is C16H24N2O3. The van der Waals surface area contributed by atoms with E-state index in [4.69, 9.17) is 15.2 Å². The maximum atomic E-state index is 12.9. The van der Waals surface area contributed by atoms with E-state index < -0.39 is 0 Å². The third-order valence-electron chi connectivity index (χ3n) is 4.16. The molecule has 1 atom stereocenters. The topological polar surface area (TPSA) is 64.8 Å². The Bertz CT molecular complexity index is 516. The zero-order chi connectivity index (χ0) is 15.4. The van der Waals surface area contributed by atoms with E-state index in [1.807, 2.05) is 4.90 Å². The molecule has 1 saturated heterocycles. The number of hydrogen-bond donors (Lipinski definition) is 1. The van der Waals surface area contributed by atoms with Gasteiger partial charge in [0.25, 0.3) is 5.91 Å². The van der Waals surface area contributed by atoms with Crippen LogP contribution in [0.25, 0.3) is 0 Å². The summed E-state index contributed by atoms with van der Waals surface area (Å²) in [5.41, 5.74) is 6.93. The van der Waals surface area contributed by atoms with Crippen LogP contribution in [0, 0.1) is 0 Å². The molecule has 0 bridgehead atoms. The molecule has 1 aliphatic heterocycles. The minimum Gasteiger partial charge on any atom is -0.497 e. The number of nitrogens with zero attached hydrogens (tertiary/aromatic N) is 1. The molecule has 21 heavy (non-hydrogen) atoms. The van der Waals surface area contributed by atoms with E-state index in [0.29, 0.717) is 28.8 Å². The first-order valence-corrected chi connectivity index (χ1v) is 7.44. The van der Waals surface area contributed by atoms with Crippen LogP contribution < -0.4 is 15.2 Å². The number of benzene rings is 1. The summed E-state index contributed by atoms with van der Waals surface area (Å²) in [5, 5.41) is 0. The fourth-order valence-electron chi connectivity index (χ4n) is 2.91. The number of anilines is 1. The van der Waals surface area contributed by atoms with Crippen molar-refractivity contribution in [3.05, 3.63) is 17.7 Å². The second-order valence-electron chi connectivity index (χ2n) is 5.35. The number of carbonyl (C=O) groups excluding carboxylic acids is 1. The Morgan fingerprint density at radius 1 is 1.33 bits per heavy atom. The van der Waals surface area contributed by atoms with Crippen molar-refractivity contribution in [3.63, 3.8) is 0 Å². The van der Waals surface area contributed by atoms with Gasteiger partial charge in [-0.1, -0.05) is 6.92 Å². The molecule has 1 aromatic rings. The molecule has 0 aliphatic carbocycles. The molecule has 5 nitrogen and oxygen atoms in total. The SMILES string of the molecule is CCC1CCCCN1C(=O)c1cc(OC)cc(OC)c1N. The van der Waals surface area contributed by atoms with Gasteiger partial charge in [-0.25, -0.2) is 0 Å². The van der Waals surface area contributed by atoms with Gasteiger partial charge >= 0.3 is 0 Å². The Balaban J connectivity index is 2.37. The molecule has 1 heterocycles. The molecule has 0 radical (unpaired) electrons. The van der Waals surface area contributed by atoms with Crippen LogP contribution in [0.3, 0.4) is 0 Å². The predicted octanol–water partition coefficient (Wildman–Crippen LogP) is 2.69. The van der Waals surface area contributed by atoms with Gasteiger partial charge in [-0.15, -0.1) is 0 Å². The van der Waals surface area contributed by atoms with Crippen molar-refractivity contribution in [2.24, 2.45) is 0 Å². The Hall–Kier alpha value is -1.91. The van der Waals surface area contributed by atoms with Crippen molar-refractivity contribution in [3.8, 4) is 11.5 Å². The molecule has 1 fully saturated rings. The fourth-order valence-corrected chi connectivity index (χ4v) is 2.91. The normalized spacial score (nSPS) is 18.4. The number of likely N-dealkylation sites (tertiary alicyclic amines) is 1. The number of carbonyl (C=O) groups is 1. The Morgan fingerprint density at radius 3 is 2.71 bits per heavy atom. The third kappa shape index (κ3) is 3.06. The van der Waals surface area contributed by atoms with Gasteiger partial charge in [-0.05, 0) is 31.7 Å². The van der Waals surface area contributed by atoms with Gasteiger partial charge in [0.05, 0.1) is 25.5 Å². The first kappa shape index (κ1) is 15.5. The maximum Gasteiger partial charge on any atom is 0.256 e. The summed E-state index contributed by atoms with van der Waals surface area (Å²) in [6.45, 7) is 2.90. The maximum absolute atomic E-state index is 12.9. The van der Waals surface area contributed by atoms with Gasteiger partial charge in [0.15, 0.2) is 0 Å². The van der Waals surface area contributed by atoms with E-state index in [2.05, 4.69) is 6.92 Å². The first-order valence-electron chi connectivity index (χ1n) is 7.44. The number of methoxy groups -OCH3 is 2. The lowest BCUT2D eigenvalue weighted by molar-refractivity contribution is 0.0608. The van der Waals surface area contributed by atoms with Crippen molar-refractivity contribution in [2.75, 3.05) is 26.5 Å². The lowest BCUT2D eigenvalue weighted by atomic mass is 9.98. The van der Waals surface area contributed by atoms with Crippen molar-refractivity contribution >= 4 is 11.6 Å². The molecular weight excluding hydrogens is 268 g/mol. The van der Waals surface area contributed by atoms with Crippen LogP contribution in [0.15, 0.2) is 12.1 Å². The van der Waals surface area contributed by atoms with Crippen LogP contribution in [0.5, 0.6) is 11.5 Å². The first-order chi connectivity index (χ1) is 10.1. The highest BCUT2D eigenvalue weighted by atomic mass is 16.5. The van der Waals surface area contributed by atoms with E-state index in [9.17, 15) is 4.79 Å². The van der Waals surface area contributed by atoms with Crippen LogP contribution in [0.1, 0.15) is 43.0 Å². The van der Waals surface area contributed by atoms with Crippen LogP contribution in [0.4, 0.5) is 5.69 Å². The Labute approximate surface area is 126 Å². The molecule has 1 amide bonds. The highest BCUT2D eigenvalue weighted by molar-refractivity contribution is 6.01. The van der Waals surface area contributed by atoms with Gasteiger partial charge in [-0.3, -0.25) is 4.79 Å². The number of rotatable bonds is 4. The number of nitrogens with two attached hydrogens (primary N) is 1. The number of amides is 1. The highest BCUT2D eigenvalue weighted by Crippen LogP contribution is 2.33. The van der Waals surface area contributed by atoms with Gasteiger partial charge < -0.3 is 20.1 Å². The van der Waals surface area contributed by atoms with Crippen LogP contribution >= 0.6 is 0 Å². The average molecular weight is 292 g/mol. The number of nitrogen functional groups attached to an aromatic ring is 1. The summed E-state index contributed by atoms with van der Waals surface area (Å²) < 4.78 is 10.5. The van der Waals surface area contributed by atoms with Gasteiger partial charge in [0.2, 0.25) is 0 Å². The summed E-state index contributed by atoms with van der Waals surface area (Å²) in [4.78, 5) is 14.8. The van der Waals surface area contributed by atoms with Crippen LogP contribution in [-0.4, -0.2) is 37.6 Å². The van der Waals surface area contributed by atoms with Crippen molar-refractivity contribution < 1.29 is 14.3 Å². The molecule has 1 aromatic carbocycles. The summed E-state index contributed by atoms with van der Waals surface area (Å²) in [6.07, 6.45) is 4.25. The minimum atomic E-state index is -0.0312. The molecule has 0 saturated carbocycles. The zero-order valence-corrected chi connectivity index (χ0v) is 13.0. The summed E-state index contributed by atoms with van der Waals surface area (Å²) in [7, 11) is 3.10. The van der Waals surface area contributed by atoms with Crippen LogP contribution in [0.2, 0.25) is 0 Å². The Morgan fingerprint density at radius 2 is 2.10 bits per heavy atom.